The van der Waals surface area contributed by atoms with Crippen LogP contribution in [0.15, 0.2) is 59.6 Å². The van der Waals surface area contributed by atoms with Gasteiger partial charge in [0.05, 0.1) is 10.4 Å². The van der Waals surface area contributed by atoms with Gasteiger partial charge < -0.3 is 9.80 Å². The van der Waals surface area contributed by atoms with Crippen LogP contribution >= 0.6 is 11.8 Å². The fourth-order valence-electron chi connectivity index (χ4n) is 4.25. The molecular formula is C25H24N4O2S. The van der Waals surface area contributed by atoms with Crippen LogP contribution in [0.2, 0.25) is 0 Å². The van der Waals surface area contributed by atoms with Crippen molar-refractivity contribution in [2.24, 2.45) is 0 Å². The number of anilines is 1. The molecule has 2 aliphatic heterocycles. The van der Waals surface area contributed by atoms with Crippen molar-refractivity contribution < 1.29 is 9.59 Å². The maximum atomic E-state index is 11.9. The van der Waals surface area contributed by atoms with Crippen LogP contribution in [-0.4, -0.2) is 53.8 Å². The quantitative estimate of drug-likeness (QED) is 0.603. The summed E-state index contributed by atoms with van der Waals surface area (Å²) in [5.41, 5.74) is 5.23. The van der Waals surface area contributed by atoms with Gasteiger partial charge in [0.25, 0.3) is 11.1 Å². The van der Waals surface area contributed by atoms with Crippen molar-refractivity contribution in [2.45, 2.75) is 6.92 Å². The number of aromatic nitrogens is 1. The van der Waals surface area contributed by atoms with Crippen LogP contribution < -0.4 is 10.2 Å². The highest BCUT2D eigenvalue weighted by molar-refractivity contribution is 8.18. The average Bonchev–Trinajstić information content (AvgIpc) is 3.15. The van der Waals surface area contributed by atoms with Crippen molar-refractivity contribution in [3.8, 4) is 11.1 Å². The van der Waals surface area contributed by atoms with Crippen LogP contribution in [0.3, 0.4) is 0 Å². The number of fused-ring (bicyclic) bond motifs is 1. The number of amides is 2. The Bertz CT molecular complexity index is 1210. The topological polar surface area (TPSA) is 65.5 Å². The van der Waals surface area contributed by atoms with Crippen LogP contribution in [0.1, 0.15) is 12.5 Å². The maximum absolute atomic E-state index is 11.9. The summed E-state index contributed by atoms with van der Waals surface area (Å²) in [4.78, 5) is 33.2. The molecule has 2 amide bonds. The minimum absolute atomic E-state index is 0.333. The van der Waals surface area contributed by atoms with Gasteiger partial charge in [-0.1, -0.05) is 25.1 Å². The van der Waals surface area contributed by atoms with Gasteiger partial charge in [0.2, 0.25) is 0 Å². The van der Waals surface area contributed by atoms with Crippen LogP contribution in [0.4, 0.5) is 10.5 Å². The average molecular weight is 445 g/mol. The molecule has 0 saturated carbocycles. The molecule has 2 aliphatic rings. The zero-order valence-electron chi connectivity index (χ0n) is 17.9. The van der Waals surface area contributed by atoms with Crippen LogP contribution in [0, 0.1) is 0 Å². The summed E-state index contributed by atoms with van der Waals surface area (Å²) in [5, 5.41) is 2.98. The van der Waals surface area contributed by atoms with E-state index in [0.717, 1.165) is 72.1 Å². The highest BCUT2D eigenvalue weighted by Gasteiger charge is 2.25. The number of pyridine rings is 1. The highest BCUT2D eigenvalue weighted by Crippen LogP contribution is 2.32. The molecule has 0 bridgehead atoms. The molecule has 2 aromatic carbocycles. The lowest BCUT2D eigenvalue weighted by Gasteiger charge is -2.35. The molecule has 1 N–H and O–H groups in total. The number of carbonyl (C=O) groups excluding carboxylic acids is 2. The summed E-state index contributed by atoms with van der Waals surface area (Å²) in [6.07, 6.45) is 3.58. The van der Waals surface area contributed by atoms with Gasteiger partial charge in [-0.2, -0.15) is 0 Å². The Morgan fingerprint density at radius 1 is 1.03 bits per heavy atom. The summed E-state index contributed by atoms with van der Waals surface area (Å²) in [6.45, 7) is 7.64. The monoisotopic (exact) mass is 444 g/mol. The van der Waals surface area contributed by atoms with E-state index < -0.39 is 0 Å². The highest BCUT2D eigenvalue weighted by atomic mass is 32.2. The van der Waals surface area contributed by atoms with Gasteiger partial charge in [-0.15, -0.1) is 0 Å². The summed E-state index contributed by atoms with van der Waals surface area (Å²) in [6, 6.07) is 16.6. The number of likely N-dealkylation sites (N-methyl/N-ethyl adjacent to an activating group) is 1. The minimum atomic E-state index is -0.345. The molecule has 3 aromatic rings. The number of thioether (sulfide) groups is 1. The van der Waals surface area contributed by atoms with Crippen LogP contribution in [0.25, 0.3) is 28.1 Å². The van der Waals surface area contributed by atoms with Crippen molar-refractivity contribution in [1.29, 1.82) is 0 Å². The molecule has 2 fully saturated rings. The second-order valence-electron chi connectivity index (χ2n) is 7.96. The number of hydrogen-bond acceptors (Lipinski definition) is 6. The molecule has 6 nitrogen and oxygen atoms in total. The Morgan fingerprint density at radius 3 is 2.50 bits per heavy atom. The van der Waals surface area contributed by atoms with Crippen molar-refractivity contribution in [2.75, 3.05) is 37.6 Å². The fraction of sp³-hybridized carbons (Fsp3) is 0.240. The van der Waals surface area contributed by atoms with E-state index in [9.17, 15) is 9.59 Å². The van der Waals surface area contributed by atoms with Crippen LogP contribution in [0.5, 0.6) is 0 Å². The lowest BCUT2D eigenvalue weighted by Crippen LogP contribution is -2.46. The summed E-state index contributed by atoms with van der Waals surface area (Å²) in [7, 11) is 0. The summed E-state index contributed by atoms with van der Waals surface area (Å²) >= 11 is 0.929. The lowest BCUT2D eigenvalue weighted by atomic mass is 9.99. The molecule has 0 unspecified atom stereocenters. The molecule has 2 saturated heterocycles. The van der Waals surface area contributed by atoms with E-state index in [-0.39, 0.29) is 11.1 Å². The fourth-order valence-corrected chi connectivity index (χ4v) is 4.93. The van der Waals surface area contributed by atoms with E-state index in [1.165, 1.54) is 5.69 Å². The number of benzene rings is 2. The Kier molecular flexibility index (Phi) is 5.68. The number of rotatable bonds is 4. The third-order valence-corrected chi connectivity index (χ3v) is 6.88. The van der Waals surface area contributed by atoms with E-state index in [4.69, 9.17) is 0 Å². The van der Waals surface area contributed by atoms with Gasteiger partial charge in [0.15, 0.2) is 0 Å². The van der Waals surface area contributed by atoms with Gasteiger partial charge in [0.1, 0.15) is 0 Å². The lowest BCUT2D eigenvalue weighted by molar-refractivity contribution is -0.115. The smallest absolute Gasteiger partial charge is 0.290 e. The number of imide groups is 1. The van der Waals surface area contributed by atoms with Gasteiger partial charge >= 0.3 is 0 Å². The zero-order valence-corrected chi connectivity index (χ0v) is 18.7. The van der Waals surface area contributed by atoms with E-state index in [0.29, 0.717) is 4.91 Å². The third kappa shape index (κ3) is 4.13. The first kappa shape index (κ1) is 20.7. The van der Waals surface area contributed by atoms with Crippen molar-refractivity contribution in [3.63, 3.8) is 0 Å². The molecule has 0 spiro atoms. The number of carbonyl (C=O) groups is 2. The maximum Gasteiger partial charge on any atom is 0.290 e. The predicted molar refractivity (Wildman–Crippen MR) is 131 cm³/mol. The first-order valence-corrected chi connectivity index (χ1v) is 11.6. The second-order valence-corrected chi connectivity index (χ2v) is 8.97. The van der Waals surface area contributed by atoms with E-state index >= 15 is 0 Å². The third-order valence-electron chi connectivity index (χ3n) is 6.07. The van der Waals surface area contributed by atoms with Gasteiger partial charge in [-0.25, -0.2) is 0 Å². The normalized spacial score (nSPS) is 18.5. The molecule has 0 aliphatic carbocycles. The largest absolute Gasteiger partial charge is 0.369 e. The first-order valence-electron chi connectivity index (χ1n) is 10.8. The molecule has 162 valence electrons. The Balaban J connectivity index is 1.44. The molecule has 0 radical (unpaired) electrons. The van der Waals surface area contributed by atoms with E-state index in [1.807, 2.05) is 30.5 Å². The molecular weight excluding hydrogens is 420 g/mol. The zero-order chi connectivity index (χ0) is 22.1. The predicted octanol–water partition coefficient (Wildman–Crippen LogP) is 4.37. The minimum Gasteiger partial charge on any atom is -0.369 e. The Hall–Kier alpha value is -3.16. The van der Waals surface area contributed by atoms with E-state index in [1.54, 1.807) is 6.08 Å². The second kappa shape index (κ2) is 8.76. The van der Waals surface area contributed by atoms with Gasteiger partial charge in [-0.05, 0) is 71.4 Å². The van der Waals surface area contributed by atoms with Crippen LogP contribution in [-0.2, 0) is 4.79 Å². The van der Waals surface area contributed by atoms with Crippen molar-refractivity contribution >= 4 is 45.6 Å². The molecule has 32 heavy (non-hydrogen) atoms. The number of hydrogen-bond donors (Lipinski definition) is 1. The molecule has 5 rings (SSSR count). The molecule has 0 atom stereocenters. The summed E-state index contributed by atoms with van der Waals surface area (Å²) < 4.78 is 0. The summed E-state index contributed by atoms with van der Waals surface area (Å²) in [5.74, 6) is -0.345. The molecule has 7 heteroatoms. The first-order chi connectivity index (χ1) is 15.6. The number of piperazine rings is 1. The number of nitrogens with one attached hydrogen (secondary N) is 1. The van der Waals surface area contributed by atoms with E-state index in [2.05, 4.69) is 51.3 Å². The Morgan fingerprint density at radius 2 is 1.81 bits per heavy atom. The van der Waals surface area contributed by atoms with Crippen molar-refractivity contribution in [3.05, 3.63) is 65.2 Å². The Labute approximate surface area is 191 Å². The standard InChI is InChI=1S/C25H24N4O2S/c1-2-28-11-13-29(14-12-28)19-6-4-18(5-7-19)20-9-10-26-22-8-3-17(15-21(20)22)16-23-24(30)27-25(31)32-23/h3-10,15-16H,2,11-14H2,1H3,(H,27,30,31). The molecule has 1 aromatic heterocycles. The van der Waals surface area contributed by atoms with Crippen molar-refractivity contribution in [1.82, 2.24) is 15.2 Å². The number of nitrogens with zero attached hydrogens (tertiary/aromatic N) is 3. The molecule has 3 heterocycles. The van der Waals surface area contributed by atoms with Gasteiger partial charge in [0, 0.05) is 43.4 Å². The van der Waals surface area contributed by atoms with Gasteiger partial charge in [-0.3, -0.25) is 19.9 Å². The SMILES string of the molecule is CCN1CCN(c2ccc(-c3ccnc4ccc(C=C5SC(=O)NC5=O)cc34)cc2)CC1.